The Hall–Kier alpha value is -1.59. The summed E-state index contributed by atoms with van der Waals surface area (Å²) in [5.74, 6) is 2.04. The lowest BCUT2D eigenvalue weighted by Gasteiger charge is -2.19. The molecule has 0 amide bonds. The van der Waals surface area contributed by atoms with E-state index >= 15 is 0 Å². The van der Waals surface area contributed by atoms with Crippen molar-refractivity contribution in [3.63, 3.8) is 0 Å². The number of aromatic amines is 1. The Morgan fingerprint density at radius 1 is 1.42 bits per heavy atom. The van der Waals surface area contributed by atoms with Gasteiger partial charge >= 0.3 is 0 Å². The second-order valence-electron chi connectivity index (χ2n) is 5.09. The molecule has 0 radical (unpaired) electrons. The zero-order chi connectivity index (χ0) is 13.8. The van der Waals surface area contributed by atoms with Crippen LogP contribution in [0.4, 0.5) is 0 Å². The molecule has 0 saturated heterocycles. The van der Waals surface area contributed by atoms with Crippen molar-refractivity contribution in [1.82, 2.24) is 15.5 Å². The Labute approximate surface area is 113 Å². The van der Waals surface area contributed by atoms with Crippen LogP contribution in [0, 0.1) is 12.8 Å². The van der Waals surface area contributed by atoms with Crippen LogP contribution in [0.15, 0.2) is 22.7 Å². The molecule has 0 saturated carbocycles. The number of aryl methyl sites for hydroxylation is 1. The predicted octanol–water partition coefficient (Wildman–Crippen LogP) is 2.08. The van der Waals surface area contributed by atoms with Crippen LogP contribution in [0.5, 0.6) is 0 Å². The molecule has 0 aliphatic carbocycles. The lowest BCUT2D eigenvalue weighted by molar-refractivity contribution is 0.210. The van der Waals surface area contributed by atoms with Crippen molar-refractivity contribution < 1.29 is 9.52 Å². The van der Waals surface area contributed by atoms with E-state index < -0.39 is 0 Å². The first-order chi connectivity index (χ1) is 9.11. The molecule has 0 fully saturated rings. The second-order valence-corrected chi connectivity index (χ2v) is 5.09. The summed E-state index contributed by atoms with van der Waals surface area (Å²) in [4.78, 5) is 0. The third kappa shape index (κ3) is 3.24. The first-order valence-corrected chi connectivity index (χ1v) is 6.55. The van der Waals surface area contributed by atoms with Gasteiger partial charge in [0.2, 0.25) is 0 Å². The fraction of sp³-hybridized carbons (Fsp3) is 0.500. The van der Waals surface area contributed by atoms with Crippen molar-refractivity contribution in [2.45, 2.75) is 33.4 Å². The molecule has 0 spiro atoms. The van der Waals surface area contributed by atoms with Gasteiger partial charge in [-0.15, -0.1) is 0 Å². The highest BCUT2D eigenvalue weighted by Gasteiger charge is 2.15. The number of rotatable bonds is 6. The molecule has 3 N–H and O–H groups in total. The Morgan fingerprint density at radius 3 is 2.79 bits per heavy atom. The largest absolute Gasteiger partial charge is 0.460 e. The van der Waals surface area contributed by atoms with Crippen LogP contribution < -0.4 is 5.32 Å². The van der Waals surface area contributed by atoms with Crippen LogP contribution in [0.25, 0.3) is 11.5 Å². The number of nitrogens with zero attached hydrogens (tertiary/aromatic N) is 1. The van der Waals surface area contributed by atoms with Crippen LogP contribution >= 0.6 is 0 Å². The number of hydrogen-bond donors (Lipinski definition) is 3. The number of aliphatic hydroxyl groups is 1. The first-order valence-electron chi connectivity index (χ1n) is 6.55. The number of nitrogens with one attached hydrogen (secondary N) is 2. The van der Waals surface area contributed by atoms with Crippen molar-refractivity contribution in [2.75, 3.05) is 6.61 Å². The van der Waals surface area contributed by atoms with Crippen molar-refractivity contribution in [2.24, 2.45) is 5.92 Å². The fourth-order valence-corrected chi connectivity index (χ4v) is 1.98. The molecule has 1 atom stereocenters. The molecule has 0 aromatic carbocycles. The summed E-state index contributed by atoms with van der Waals surface area (Å²) in [7, 11) is 0. The van der Waals surface area contributed by atoms with Crippen LogP contribution in [-0.4, -0.2) is 28.0 Å². The van der Waals surface area contributed by atoms with Crippen LogP contribution in [0.1, 0.15) is 25.2 Å². The molecule has 104 valence electrons. The number of furan rings is 1. The van der Waals surface area contributed by atoms with E-state index in [1.165, 1.54) is 0 Å². The average molecular weight is 263 g/mol. The van der Waals surface area contributed by atoms with Gasteiger partial charge in [0.1, 0.15) is 11.5 Å². The molecular weight excluding hydrogens is 242 g/mol. The monoisotopic (exact) mass is 263 g/mol. The summed E-state index contributed by atoms with van der Waals surface area (Å²) >= 11 is 0. The quantitative estimate of drug-likeness (QED) is 0.746. The molecule has 2 rings (SSSR count). The van der Waals surface area contributed by atoms with Gasteiger partial charge < -0.3 is 14.8 Å². The normalized spacial score (nSPS) is 13.1. The molecule has 2 aromatic heterocycles. The summed E-state index contributed by atoms with van der Waals surface area (Å²) in [6, 6.07) is 3.94. The van der Waals surface area contributed by atoms with Crippen LogP contribution in [0.3, 0.4) is 0 Å². The van der Waals surface area contributed by atoms with Crippen molar-refractivity contribution in [3.05, 3.63) is 29.7 Å². The molecule has 19 heavy (non-hydrogen) atoms. The predicted molar refractivity (Wildman–Crippen MR) is 73.6 cm³/mol. The standard InChI is InChI=1S/C14H21N3O2/c1-9(2)12(8-18)15-6-11-7-16-17-14(11)13-5-4-10(3)19-13/h4-5,7,9,12,15,18H,6,8H2,1-3H3,(H,16,17)/t12-/m1/s1. The maximum Gasteiger partial charge on any atom is 0.152 e. The lowest BCUT2D eigenvalue weighted by Crippen LogP contribution is -2.36. The topological polar surface area (TPSA) is 74.1 Å². The van der Waals surface area contributed by atoms with Gasteiger partial charge in [0, 0.05) is 18.2 Å². The molecular formula is C14H21N3O2. The Bertz CT molecular complexity index is 516. The highest BCUT2D eigenvalue weighted by atomic mass is 16.3. The van der Waals surface area contributed by atoms with E-state index in [1.807, 2.05) is 19.1 Å². The number of aromatic nitrogens is 2. The summed E-state index contributed by atoms with van der Waals surface area (Å²) in [5.41, 5.74) is 1.93. The number of aliphatic hydroxyl groups excluding tert-OH is 1. The molecule has 0 aliphatic rings. The minimum absolute atomic E-state index is 0.0843. The van der Waals surface area contributed by atoms with Gasteiger partial charge in [0.15, 0.2) is 5.76 Å². The van der Waals surface area contributed by atoms with Crippen molar-refractivity contribution >= 4 is 0 Å². The summed E-state index contributed by atoms with van der Waals surface area (Å²) < 4.78 is 5.60. The molecule has 0 unspecified atom stereocenters. The van der Waals surface area contributed by atoms with E-state index in [-0.39, 0.29) is 12.6 Å². The van der Waals surface area contributed by atoms with Crippen molar-refractivity contribution in [1.29, 1.82) is 0 Å². The van der Waals surface area contributed by atoms with Gasteiger partial charge in [-0.3, -0.25) is 5.10 Å². The highest BCUT2D eigenvalue weighted by molar-refractivity contribution is 5.56. The lowest BCUT2D eigenvalue weighted by atomic mass is 10.1. The molecule has 2 heterocycles. The van der Waals surface area contributed by atoms with Gasteiger partial charge in [0.05, 0.1) is 12.8 Å². The minimum atomic E-state index is 0.0843. The van der Waals surface area contributed by atoms with E-state index in [4.69, 9.17) is 4.42 Å². The highest BCUT2D eigenvalue weighted by Crippen LogP contribution is 2.23. The van der Waals surface area contributed by atoms with E-state index in [0.717, 1.165) is 22.8 Å². The molecule has 0 aliphatic heterocycles. The van der Waals surface area contributed by atoms with Gasteiger partial charge in [0.25, 0.3) is 0 Å². The van der Waals surface area contributed by atoms with E-state index in [1.54, 1.807) is 6.20 Å². The van der Waals surface area contributed by atoms with Gasteiger partial charge in [-0.1, -0.05) is 13.8 Å². The average Bonchev–Trinajstić information content (AvgIpc) is 2.98. The zero-order valence-electron chi connectivity index (χ0n) is 11.6. The van der Waals surface area contributed by atoms with Gasteiger partial charge in [-0.25, -0.2) is 0 Å². The van der Waals surface area contributed by atoms with Crippen LogP contribution in [0.2, 0.25) is 0 Å². The second kappa shape index (κ2) is 6.04. The molecule has 0 bridgehead atoms. The third-order valence-corrected chi connectivity index (χ3v) is 3.26. The Morgan fingerprint density at radius 2 is 2.21 bits per heavy atom. The molecule has 2 aromatic rings. The smallest absolute Gasteiger partial charge is 0.152 e. The van der Waals surface area contributed by atoms with Crippen molar-refractivity contribution in [3.8, 4) is 11.5 Å². The SMILES string of the molecule is Cc1ccc(-c2[nH]ncc2CN[C@H](CO)C(C)C)o1. The Kier molecular flexibility index (Phi) is 4.39. The minimum Gasteiger partial charge on any atom is -0.460 e. The summed E-state index contributed by atoms with van der Waals surface area (Å²) in [6.07, 6.45) is 1.79. The zero-order valence-corrected chi connectivity index (χ0v) is 11.6. The van der Waals surface area contributed by atoms with Gasteiger partial charge in [-0.2, -0.15) is 5.10 Å². The van der Waals surface area contributed by atoms with E-state index in [9.17, 15) is 5.11 Å². The first kappa shape index (κ1) is 13.8. The van der Waals surface area contributed by atoms with E-state index in [0.29, 0.717) is 12.5 Å². The number of H-pyrrole nitrogens is 1. The fourth-order valence-electron chi connectivity index (χ4n) is 1.98. The van der Waals surface area contributed by atoms with Crippen LogP contribution in [-0.2, 0) is 6.54 Å². The molecule has 5 heteroatoms. The molecule has 5 nitrogen and oxygen atoms in total. The van der Waals surface area contributed by atoms with Gasteiger partial charge in [-0.05, 0) is 25.0 Å². The summed E-state index contributed by atoms with van der Waals surface area (Å²) in [5, 5.41) is 19.7. The summed E-state index contributed by atoms with van der Waals surface area (Å²) in [6.45, 7) is 6.86. The number of hydrogen-bond acceptors (Lipinski definition) is 4. The maximum atomic E-state index is 9.31. The van der Waals surface area contributed by atoms with E-state index in [2.05, 4.69) is 29.4 Å². The third-order valence-electron chi connectivity index (χ3n) is 3.26. The Balaban J connectivity index is 2.08. The maximum absolute atomic E-state index is 9.31.